The molecule has 3 aromatic carbocycles. The Morgan fingerprint density at radius 1 is 1.03 bits per heavy atom. The average Bonchev–Trinajstić information content (AvgIpc) is 3.43. The molecular weight excluding hydrogens is 548 g/mol. The van der Waals surface area contributed by atoms with Crippen molar-refractivity contribution in [3.8, 4) is 22.7 Å². The van der Waals surface area contributed by atoms with Crippen molar-refractivity contribution in [2.24, 2.45) is 0 Å². The highest BCUT2D eigenvalue weighted by molar-refractivity contribution is 14.1. The molecule has 1 N–H and O–H groups in total. The maximum absolute atomic E-state index is 13.6. The molecule has 0 saturated carbocycles. The molecule has 0 aliphatic carbocycles. The van der Waals surface area contributed by atoms with E-state index in [-0.39, 0.29) is 24.1 Å². The predicted octanol–water partition coefficient (Wildman–Crippen LogP) is 5.09. The van der Waals surface area contributed by atoms with Gasteiger partial charge in [-0.15, -0.1) is 0 Å². The summed E-state index contributed by atoms with van der Waals surface area (Å²) in [5.41, 5.74) is 3.98. The summed E-state index contributed by atoms with van der Waals surface area (Å²) in [5, 5.41) is 14.3. The maximum atomic E-state index is 13.6. The SMILES string of the molecule is O=C1COC(c2cn(-c3ccc(I)cc3)nc2-c2ccc(F)cc2)N1CCc1ccc(O)cc1. The standard InChI is InChI=1S/C26H21FIN3O3/c27-19-5-3-18(4-6-19)25-23(15-31(29-25)21-9-7-20(28)8-10-21)26-30(24(33)16-34-26)14-13-17-1-11-22(32)12-2-17/h1-12,15,26,32H,13-14,16H2. The largest absolute Gasteiger partial charge is 0.508 e. The molecule has 6 nitrogen and oxygen atoms in total. The van der Waals surface area contributed by atoms with Gasteiger partial charge < -0.3 is 14.7 Å². The number of rotatable bonds is 6. The van der Waals surface area contributed by atoms with Crippen LogP contribution in [0.1, 0.15) is 17.4 Å². The third-order valence-corrected chi connectivity index (χ3v) is 6.48. The van der Waals surface area contributed by atoms with Crippen molar-refractivity contribution in [3.63, 3.8) is 0 Å². The Morgan fingerprint density at radius 3 is 2.44 bits per heavy atom. The summed E-state index contributed by atoms with van der Waals surface area (Å²) in [4.78, 5) is 14.4. The first-order valence-electron chi connectivity index (χ1n) is 10.8. The van der Waals surface area contributed by atoms with E-state index in [0.717, 1.165) is 25.9 Å². The number of phenols is 1. The molecule has 1 aromatic heterocycles. The molecule has 34 heavy (non-hydrogen) atoms. The van der Waals surface area contributed by atoms with Crippen LogP contribution in [-0.4, -0.2) is 38.8 Å². The number of phenolic OH excluding ortho intramolecular Hbond substituents is 1. The minimum absolute atomic E-state index is 0.0161. The summed E-state index contributed by atoms with van der Waals surface area (Å²) in [6, 6.07) is 21.0. The first kappa shape index (κ1) is 22.5. The molecule has 5 rings (SSSR count). The number of nitrogens with zero attached hydrogens (tertiary/aromatic N) is 3. The molecule has 1 saturated heterocycles. The van der Waals surface area contributed by atoms with Crippen molar-refractivity contribution >= 4 is 28.5 Å². The van der Waals surface area contributed by atoms with E-state index in [2.05, 4.69) is 22.6 Å². The van der Waals surface area contributed by atoms with Crippen molar-refractivity contribution in [1.29, 1.82) is 0 Å². The smallest absolute Gasteiger partial charge is 0.250 e. The van der Waals surface area contributed by atoms with Crippen LogP contribution in [0.2, 0.25) is 0 Å². The van der Waals surface area contributed by atoms with Gasteiger partial charge in [0.15, 0.2) is 6.23 Å². The molecule has 1 amide bonds. The summed E-state index contributed by atoms with van der Waals surface area (Å²) in [7, 11) is 0. The van der Waals surface area contributed by atoms with Crippen LogP contribution in [0.5, 0.6) is 5.75 Å². The number of carbonyl (C=O) groups excluding carboxylic acids is 1. The second-order valence-corrected chi connectivity index (χ2v) is 9.27. The van der Waals surface area contributed by atoms with Gasteiger partial charge in [0.25, 0.3) is 5.91 Å². The summed E-state index contributed by atoms with van der Waals surface area (Å²) in [6.45, 7) is 0.434. The lowest BCUT2D eigenvalue weighted by molar-refractivity contribution is -0.128. The van der Waals surface area contributed by atoms with Gasteiger partial charge in [0.1, 0.15) is 23.9 Å². The molecule has 1 aliphatic heterocycles. The van der Waals surface area contributed by atoms with Gasteiger partial charge >= 0.3 is 0 Å². The zero-order valence-corrected chi connectivity index (χ0v) is 20.2. The topological polar surface area (TPSA) is 67.6 Å². The van der Waals surface area contributed by atoms with Crippen LogP contribution in [0.4, 0.5) is 4.39 Å². The number of hydrogen-bond donors (Lipinski definition) is 1. The van der Waals surface area contributed by atoms with E-state index in [1.165, 1.54) is 12.1 Å². The molecule has 1 unspecified atom stereocenters. The van der Waals surface area contributed by atoms with E-state index < -0.39 is 6.23 Å². The zero-order valence-electron chi connectivity index (χ0n) is 18.1. The van der Waals surface area contributed by atoms with Gasteiger partial charge in [-0.2, -0.15) is 5.10 Å². The van der Waals surface area contributed by atoms with Crippen LogP contribution in [0, 0.1) is 9.39 Å². The Hall–Kier alpha value is -3.24. The van der Waals surface area contributed by atoms with E-state index in [1.54, 1.807) is 33.8 Å². The number of halogens is 2. The predicted molar refractivity (Wildman–Crippen MR) is 134 cm³/mol. The fourth-order valence-electron chi connectivity index (χ4n) is 3.99. The molecule has 0 bridgehead atoms. The second-order valence-electron chi connectivity index (χ2n) is 8.03. The van der Waals surface area contributed by atoms with Crippen LogP contribution in [0.15, 0.2) is 79.0 Å². The first-order valence-corrected chi connectivity index (χ1v) is 11.9. The summed E-state index contributed by atoms with van der Waals surface area (Å²) >= 11 is 2.25. The van der Waals surface area contributed by atoms with Gasteiger partial charge in [0.05, 0.1) is 5.69 Å². The lowest BCUT2D eigenvalue weighted by atomic mass is 10.1. The number of benzene rings is 3. The second kappa shape index (κ2) is 9.55. The van der Waals surface area contributed by atoms with Gasteiger partial charge in [-0.05, 0) is 95.2 Å². The number of amides is 1. The van der Waals surface area contributed by atoms with Gasteiger partial charge in [-0.3, -0.25) is 4.79 Å². The fourth-order valence-corrected chi connectivity index (χ4v) is 4.35. The maximum Gasteiger partial charge on any atom is 0.250 e. The van der Waals surface area contributed by atoms with Crippen molar-refractivity contribution < 1.29 is 19.0 Å². The van der Waals surface area contributed by atoms with Crippen molar-refractivity contribution in [1.82, 2.24) is 14.7 Å². The Balaban J connectivity index is 1.50. The number of aromatic hydroxyl groups is 1. The highest BCUT2D eigenvalue weighted by Crippen LogP contribution is 2.35. The van der Waals surface area contributed by atoms with Crippen LogP contribution in [-0.2, 0) is 16.0 Å². The lowest BCUT2D eigenvalue weighted by Gasteiger charge is -2.23. The minimum Gasteiger partial charge on any atom is -0.508 e. The molecule has 4 aromatic rings. The Labute approximate surface area is 209 Å². The highest BCUT2D eigenvalue weighted by atomic mass is 127. The van der Waals surface area contributed by atoms with E-state index in [0.29, 0.717) is 18.7 Å². The molecule has 8 heteroatoms. The average molecular weight is 569 g/mol. The Bertz CT molecular complexity index is 1300. The number of aromatic nitrogens is 2. The normalized spacial score (nSPS) is 15.8. The molecule has 1 fully saturated rings. The van der Waals surface area contributed by atoms with Crippen molar-refractivity contribution in [3.05, 3.63) is 99.5 Å². The first-order chi connectivity index (χ1) is 16.5. The van der Waals surface area contributed by atoms with E-state index in [1.807, 2.05) is 42.6 Å². The molecular formula is C26H21FIN3O3. The number of carbonyl (C=O) groups is 1. The molecule has 0 spiro atoms. The van der Waals surface area contributed by atoms with Crippen LogP contribution in [0.25, 0.3) is 16.9 Å². The molecule has 2 heterocycles. The summed E-state index contributed by atoms with van der Waals surface area (Å²) < 4.78 is 22.4. The van der Waals surface area contributed by atoms with E-state index >= 15 is 0 Å². The zero-order chi connectivity index (χ0) is 23.7. The fraction of sp³-hybridized carbons (Fsp3) is 0.154. The van der Waals surface area contributed by atoms with Crippen LogP contribution in [0.3, 0.4) is 0 Å². The van der Waals surface area contributed by atoms with E-state index in [9.17, 15) is 14.3 Å². The van der Waals surface area contributed by atoms with Crippen molar-refractivity contribution in [2.45, 2.75) is 12.6 Å². The van der Waals surface area contributed by atoms with Gasteiger partial charge in [-0.25, -0.2) is 9.07 Å². The third-order valence-electron chi connectivity index (χ3n) is 5.76. The summed E-state index contributed by atoms with van der Waals surface area (Å²) in [5.74, 6) is -0.227. The van der Waals surface area contributed by atoms with Crippen LogP contribution >= 0.6 is 22.6 Å². The molecule has 1 atom stereocenters. The Morgan fingerprint density at radius 2 is 1.74 bits per heavy atom. The molecule has 1 aliphatic rings. The highest BCUT2D eigenvalue weighted by Gasteiger charge is 2.36. The molecule has 172 valence electrons. The number of ether oxygens (including phenoxy) is 1. The summed E-state index contributed by atoms with van der Waals surface area (Å²) in [6.07, 6.45) is 1.88. The van der Waals surface area contributed by atoms with Crippen molar-refractivity contribution in [2.75, 3.05) is 13.2 Å². The quantitative estimate of drug-likeness (QED) is 0.329. The number of hydrogen-bond acceptors (Lipinski definition) is 4. The molecule has 0 radical (unpaired) electrons. The van der Waals surface area contributed by atoms with Gasteiger partial charge in [0, 0.05) is 27.4 Å². The van der Waals surface area contributed by atoms with E-state index in [4.69, 9.17) is 9.84 Å². The van der Waals surface area contributed by atoms with Gasteiger partial charge in [-0.1, -0.05) is 12.1 Å². The monoisotopic (exact) mass is 569 g/mol. The minimum atomic E-state index is -0.609. The lowest BCUT2D eigenvalue weighted by Crippen LogP contribution is -2.30. The van der Waals surface area contributed by atoms with Crippen LogP contribution < -0.4 is 0 Å². The van der Waals surface area contributed by atoms with Gasteiger partial charge in [0.2, 0.25) is 0 Å². The Kier molecular flexibility index (Phi) is 6.34. The third kappa shape index (κ3) is 4.69.